The van der Waals surface area contributed by atoms with E-state index in [4.69, 9.17) is 4.74 Å². The van der Waals surface area contributed by atoms with Crippen LogP contribution in [0.4, 0.5) is 13.2 Å². The zero-order valence-corrected chi connectivity index (χ0v) is 14.1. The first-order valence-corrected chi connectivity index (χ1v) is 8.12. The molecule has 0 saturated carbocycles. The summed E-state index contributed by atoms with van der Waals surface area (Å²) in [6.07, 6.45) is -3.62. The number of carbonyl (C=O) groups is 3. The van der Waals surface area contributed by atoms with Gasteiger partial charge >= 0.3 is 12.1 Å². The molecule has 1 aromatic rings. The highest BCUT2D eigenvalue weighted by Crippen LogP contribution is 2.29. The summed E-state index contributed by atoms with van der Waals surface area (Å²) < 4.78 is 42.4. The van der Waals surface area contributed by atoms with Crippen molar-refractivity contribution < 1.29 is 32.3 Å². The molecule has 1 aromatic carbocycles. The van der Waals surface area contributed by atoms with Crippen molar-refractivity contribution in [2.75, 3.05) is 19.6 Å². The molecule has 1 atom stereocenters. The molecular formula is C17H19F3N2O4. The second-order valence-corrected chi connectivity index (χ2v) is 5.92. The fourth-order valence-electron chi connectivity index (χ4n) is 2.55. The van der Waals surface area contributed by atoms with Crippen molar-refractivity contribution in [1.82, 2.24) is 10.2 Å². The highest BCUT2D eigenvalue weighted by Gasteiger charge is 2.30. The van der Waals surface area contributed by atoms with Crippen LogP contribution in [0.5, 0.6) is 0 Å². The Bertz CT molecular complexity index is 668. The van der Waals surface area contributed by atoms with E-state index in [1.165, 1.54) is 6.92 Å². The number of hydrogen-bond donors (Lipinski definition) is 1. The van der Waals surface area contributed by atoms with Gasteiger partial charge in [-0.25, -0.2) is 0 Å². The number of amides is 2. The first-order chi connectivity index (χ1) is 12.2. The monoisotopic (exact) mass is 372 g/mol. The van der Waals surface area contributed by atoms with E-state index in [2.05, 4.69) is 5.32 Å². The Balaban J connectivity index is 1.81. The summed E-state index contributed by atoms with van der Waals surface area (Å²) in [5.41, 5.74) is -0.894. The number of nitrogens with one attached hydrogen (secondary N) is 1. The third-order valence-electron chi connectivity index (χ3n) is 3.94. The molecule has 0 aliphatic carbocycles. The van der Waals surface area contributed by atoms with E-state index in [0.29, 0.717) is 13.1 Å². The molecule has 142 valence electrons. The SMILES string of the molecule is C[C@@H](OC(=O)CNC(=O)c1ccc(C(F)(F)F)cc1)C(=O)N1CCCC1. The number of alkyl halides is 3. The first-order valence-electron chi connectivity index (χ1n) is 8.12. The average molecular weight is 372 g/mol. The molecule has 1 heterocycles. The molecule has 0 unspecified atom stereocenters. The molecular weight excluding hydrogens is 353 g/mol. The van der Waals surface area contributed by atoms with Crippen LogP contribution in [0.3, 0.4) is 0 Å². The zero-order valence-electron chi connectivity index (χ0n) is 14.1. The van der Waals surface area contributed by atoms with Gasteiger partial charge in [0, 0.05) is 18.7 Å². The Morgan fingerprint density at radius 3 is 2.27 bits per heavy atom. The van der Waals surface area contributed by atoms with Crippen LogP contribution in [0.15, 0.2) is 24.3 Å². The van der Waals surface area contributed by atoms with Gasteiger partial charge in [0.2, 0.25) is 0 Å². The maximum atomic E-state index is 12.5. The van der Waals surface area contributed by atoms with Gasteiger partial charge in [-0.3, -0.25) is 14.4 Å². The topological polar surface area (TPSA) is 75.7 Å². The van der Waals surface area contributed by atoms with Crippen LogP contribution < -0.4 is 5.32 Å². The molecule has 6 nitrogen and oxygen atoms in total. The fraction of sp³-hybridized carbons (Fsp3) is 0.471. The second kappa shape index (κ2) is 8.20. The van der Waals surface area contributed by atoms with Crippen LogP contribution >= 0.6 is 0 Å². The van der Waals surface area contributed by atoms with E-state index in [1.807, 2.05) is 0 Å². The van der Waals surface area contributed by atoms with Crippen LogP contribution in [0.25, 0.3) is 0 Å². The standard InChI is InChI=1S/C17H19F3N2O4/c1-11(16(25)22-8-2-3-9-22)26-14(23)10-21-15(24)12-4-6-13(7-5-12)17(18,19)20/h4-7,11H,2-3,8-10H2,1H3,(H,21,24)/t11-/m1/s1. The molecule has 0 bridgehead atoms. The molecule has 2 amide bonds. The summed E-state index contributed by atoms with van der Waals surface area (Å²) in [5.74, 6) is -1.80. The van der Waals surface area contributed by atoms with E-state index in [0.717, 1.165) is 37.1 Å². The van der Waals surface area contributed by atoms with Crippen LogP contribution in [-0.2, 0) is 20.5 Å². The molecule has 1 aliphatic heterocycles. The number of halogens is 3. The van der Waals surface area contributed by atoms with Gasteiger partial charge in [0.25, 0.3) is 11.8 Å². The molecule has 1 saturated heterocycles. The summed E-state index contributed by atoms with van der Waals surface area (Å²) >= 11 is 0. The van der Waals surface area contributed by atoms with Crippen molar-refractivity contribution in [3.05, 3.63) is 35.4 Å². The third kappa shape index (κ3) is 5.21. The third-order valence-corrected chi connectivity index (χ3v) is 3.94. The van der Waals surface area contributed by atoms with Crippen LogP contribution in [0.1, 0.15) is 35.7 Å². The molecule has 0 radical (unpaired) electrons. The van der Waals surface area contributed by atoms with Gasteiger partial charge < -0.3 is 15.0 Å². The van der Waals surface area contributed by atoms with Gasteiger partial charge in [-0.05, 0) is 44.0 Å². The van der Waals surface area contributed by atoms with Gasteiger partial charge in [-0.2, -0.15) is 13.2 Å². The molecule has 26 heavy (non-hydrogen) atoms. The number of carbonyl (C=O) groups excluding carboxylic acids is 3. The lowest BCUT2D eigenvalue weighted by molar-refractivity contribution is -0.157. The van der Waals surface area contributed by atoms with Crippen molar-refractivity contribution in [1.29, 1.82) is 0 Å². The molecule has 0 spiro atoms. The Hall–Kier alpha value is -2.58. The minimum absolute atomic E-state index is 0.0213. The predicted octanol–water partition coefficient (Wildman–Crippen LogP) is 1.99. The van der Waals surface area contributed by atoms with Crippen molar-refractivity contribution >= 4 is 17.8 Å². The van der Waals surface area contributed by atoms with Gasteiger partial charge in [-0.15, -0.1) is 0 Å². The number of nitrogens with zero attached hydrogens (tertiary/aromatic N) is 1. The van der Waals surface area contributed by atoms with E-state index in [9.17, 15) is 27.6 Å². The first kappa shape index (κ1) is 19.7. The highest BCUT2D eigenvalue weighted by atomic mass is 19.4. The minimum atomic E-state index is -4.49. The van der Waals surface area contributed by atoms with E-state index in [-0.39, 0.29) is 11.5 Å². The second-order valence-electron chi connectivity index (χ2n) is 5.92. The van der Waals surface area contributed by atoms with Crippen LogP contribution in [0, 0.1) is 0 Å². The lowest BCUT2D eigenvalue weighted by atomic mass is 10.1. The van der Waals surface area contributed by atoms with Crippen LogP contribution in [-0.4, -0.2) is 48.4 Å². The Labute approximate surface area is 148 Å². The van der Waals surface area contributed by atoms with Crippen LogP contribution in [0.2, 0.25) is 0 Å². The molecule has 9 heteroatoms. The van der Waals surface area contributed by atoms with Crippen molar-refractivity contribution in [3.8, 4) is 0 Å². The zero-order chi connectivity index (χ0) is 19.3. The summed E-state index contributed by atoms with van der Waals surface area (Å²) in [7, 11) is 0. The Morgan fingerprint density at radius 1 is 1.15 bits per heavy atom. The van der Waals surface area contributed by atoms with E-state index >= 15 is 0 Å². The predicted molar refractivity (Wildman–Crippen MR) is 85.1 cm³/mol. The normalized spacial score (nSPS) is 15.5. The Morgan fingerprint density at radius 2 is 1.73 bits per heavy atom. The van der Waals surface area contributed by atoms with E-state index in [1.54, 1.807) is 4.90 Å². The fourth-order valence-corrected chi connectivity index (χ4v) is 2.55. The van der Waals surface area contributed by atoms with Gasteiger partial charge in [0.15, 0.2) is 6.10 Å². The Kier molecular flexibility index (Phi) is 6.23. The minimum Gasteiger partial charge on any atom is -0.451 e. The smallest absolute Gasteiger partial charge is 0.416 e. The quantitative estimate of drug-likeness (QED) is 0.802. The average Bonchev–Trinajstić information content (AvgIpc) is 3.12. The number of likely N-dealkylation sites (tertiary alicyclic amines) is 1. The number of rotatable bonds is 5. The molecule has 1 N–H and O–H groups in total. The summed E-state index contributed by atoms with van der Waals surface area (Å²) in [4.78, 5) is 37.2. The van der Waals surface area contributed by atoms with Gasteiger partial charge in [0.1, 0.15) is 6.54 Å². The lowest BCUT2D eigenvalue weighted by Crippen LogP contribution is -2.40. The number of hydrogen-bond acceptors (Lipinski definition) is 4. The maximum absolute atomic E-state index is 12.5. The van der Waals surface area contributed by atoms with Crippen molar-refractivity contribution in [2.45, 2.75) is 32.0 Å². The molecule has 2 rings (SSSR count). The largest absolute Gasteiger partial charge is 0.451 e. The van der Waals surface area contributed by atoms with Gasteiger partial charge in [0.05, 0.1) is 5.56 Å². The number of ether oxygens (including phenoxy) is 1. The number of benzene rings is 1. The van der Waals surface area contributed by atoms with Crippen molar-refractivity contribution in [2.24, 2.45) is 0 Å². The lowest BCUT2D eigenvalue weighted by Gasteiger charge is -2.20. The molecule has 1 aliphatic rings. The number of esters is 1. The summed E-state index contributed by atoms with van der Waals surface area (Å²) in [6, 6.07) is 3.60. The summed E-state index contributed by atoms with van der Waals surface area (Å²) in [6.45, 7) is 2.23. The molecule has 1 fully saturated rings. The maximum Gasteiger partial charge on any atom is 0.416 e. The van der Waals surface area contributed by atoms with Crippen molar-refractivity contribution in [3.63, 3.8) is 0 Å². The molecule has 0 aromatic heterocycles. The summed E-state index contributed by atoms with van der Waals surface area (Å²) in [5, 5.41) is 2.25. The van der Waals surface area contributed by atoms with Gasteiger partial charge in [-0.1, -0.05) is 0 Å². The van der Waals surface area contributed by atoms with E-state index < -0.39 is 36.3 Å². The highest BCUT2D eigenvalue weighted by molar-refractivity contribution is 5.96.